The van der Waals surface area contributed by atoms with Gasteiger partial charge in [-0.25, -0.2) is 0 Å². The van der Waals surface area contributed by atoms with Crippen LogP contribution in [0.25, 0.3) is 6.08 Å². The van der Waals surface area contributed by atoms with Gasteiger partial charge in [-0.3, -0.25) is 10.1 Å². The summed E-state index contributed by atoms with van der Waals surface area (Å²) >= 11 is 4.62. The summed E-state index contributed by atoms with van der Waals surface area (Å²) in [4.78, 5) is 11.3. The summed E-state index contributed by atoms with van der Waals surface area (Å²) in [5.74, 6) is -2.32. The van der Waals surface area contributed by atoms with Crippen LogP contribution in [0.2, 0.25) is 0 Å². The Labute approximate surface area is 101 Å². The molecule has 0 bridgehead atoms. The largest absolute Gasteiger partial charge is 0.504 e. The first kappa shape index (κ1) is 11.2. The number of carbonyl (C=O) groups excluding carboxylic acids is 1. The molecule has 1 aliphatic heterocycles. The van der Waals surface area contributed by atoms with Gasteiger partial charge in [-0.05, 0) is 30.4 Å². The highest BCUT2D eigenvalue weighted by Gasteiger charge is 2.24. The van der Waals surface area contributed by atoms with Crippen LogP contribution in [-0.2, 0) is 9.53 Å². The van der Waals surface area contributed by atoms with Crippen molar-refractivity contribution in [1.29, 1.82) is 0 Å². The molecular weight excluding hydrogens is 246 g/mol. The van der Waals surface area contributed by atoms with E-state index >= 15 is 0 Å². The van der Waals surface area contributed by atoms with E-state index in [0.717, 1.165) is 0 Å². The van der Waals surface area contributed by atoms with E-state index in [9.17, 15) is 15.0 Å². The van der Waals surface area contributed by atoms with Gasteiger partial charge in [0, 0.05) is 5.56 Å². The van der Waals surface area contributed by atoms with Gasteiger partial charge >= 0.3 is 0 Å². The molecule has 0 aromatic heterocycles. The molecule has 0 saturated carbocycles. The Morgan fingerprint density at radius 3 is 2.53 bits per heavy atom. The number of benzene rings is 1. The highest BCUT2D eigenvalue weighted by molar-refractivity contribution is 7.80. The van der Waals surface area contributed by atoms with E-state index in [0.29, 0.717) is 0 Å². The Balaban J connectivity index is 2.43. The molecule has 0 spiro atoms. The molecule has 0 atom stereocenters. The van der Waals surface area contributed by atoms with E-state index in [2.05, 4.69) is 17.5 Å². The topological polar surface area (TPSA) is 99.0 Å². The summed E-state index contributed by atoms with van der Waals surface area (Å²) in [6.07, 6.45) is 1.20. The molecule has 4 N–H and O–H groups in total. The van der Waals surface area contributed by atoms with Gasteiger partial charge in [-0.15, -0.1) is 0 Å². The van der Waals surface area contributed by atoms with E-state index < -0.39 is 23.2 Å². The van der Waals surface area contributed by atoms with Crippen molar-refractivity contribution >= 4 is 29.4 Å². The molecule has 0 aliphatic carbocycles. The summed E-state index contributed by atoms with van der Waals surface area (Å²) in [5, 5.41) is 30.1. The third-order valence-corrected chi connectivity index (χ3v) is 2.28. The Morgan fingerprint density at radius 2 is 1.94 bits per heavy atom. The third-order valence-electron chi connectivity index (χ3n) is 2.09. The molecule has 88 valence electrons. The standard InChI is InChI=1S/C10H7NO5S/c12-5-2-1-4(7(13)8(5)14)3-6-9(15)11-10(17)16-6/h1-3,12-14H,(H,11,15,17)/b6-3+. The lowest BCUT2D eigenvalue weighted by Crippen LogP contribution is -2.18. The maximum absolute atomic E-state index is 11.3. The predicted octanol–water partition coefficient (Wildman–Crippen LogP) is 0.576. The van der Waals surface area contributed by atoms with Gasteiger partial charge in [-0.2, -0.15) is 0 Å². The van der Waals surface area contributed by atoms with Crippen molar-refractivity contribution in [2.75, 3.05) is 0 Å². The molecule has 1 aromatic rings. The van der Waals surface area contributed by atoms with E-state index in [1.165, 1.54) is 18.2 Å². The number of phenolic OH excluding ortho intramolecular Hbond substituents is 3. The summed E-state index contributed by atoms with van der Waals surface area (Å²) < 4.78 is 4.88. The number of thiocarbonyl (C=S) groups is 1. The first-order valence-electron chi connectivity index (χ1n) is 4.48. The second kappa shape index (κ2) is 3.95. The molecule has 1 saturated heterocycles. The average molecular weight is 253 g/mol. The Hall–Kier alpha value is -2.28. The zero-order valence-corrected chi connectivity index (χ0v) is 9.11. The lowest BCUT2D eigenvalue weighted by molar-refractivity contribution is -0.116. The molecular formula is C10H7NO5S. The Kier molecular flexibility index (Phi) is 2.60. The van der Waals surface area contributed by atoms with Crippen molar-refractivity contribution in [3.8, 4) is 17.2 Å². The first-order chi connectivity index (χ1) is 7.99. The van der Waals surface area contributed by atoms with Gasteiger partial charge in [0.25, 0.3) is 11.1 Å². The van der Waals surface area contributed by atoms with Gasteiger partial charge in [0.1, 0.15) is 0 Å². The Morgan fingerprint density at radius 1 is 1.24 bits per heavy atom. The van der Waals surface area contributed by atoms with E-state index in [1.54, 1.807) is 0 Å². The molecule has 1 fully saturated rings. The highest BCUT2D eigenvalue weighted by Crippen LogP contribution is 2.38. The molecule has 6 nitrogen and oxygen atoms in total. The minimum Gasteiger partial charge on any atom is -0.504 e. The summed E-state index contributed by atoms with van der Waals surface area (Å²) in [5.41, 5.74) is 0.121. The van der Waals surface area contributed by atoms with Crippen LogP contribution in [0, 0.1) is 0 Å². The molecule has 0 unspecified atom stereocenters. The van der Waals surface area contributed by atoms with Gasteiger partial charge in [-0.1, -0.05) is 0 Å². The number of ether oxygens (including phenoxy) is 1. The lowest BCUT2D eigenvalue weighted by atomic mass is 10.1. The highest BCUT2D eigenvalue weighted by atomic mass is 32.1. The molecule has 1 aliphatic rings. The fourth-order valence-corrected chi connectivity index (χ4v) is 1.45. The second-order valence-corrected chi connectivity index (χ2v) is 3.59. The zero-order chi connectivity index (χ0) is 12.6. The van der Waals surface area contributed by atoms with Gasteiger partial charge in [0.15, 0.2) is 17.3 Å². The SMILES string of the molecule is O=C1NC(=S)O/C1=C/c1ccc(O)c(O)c1O. The van der Waals surface area contributed by atoms with Gasteiger partial charge < -0.3 is 20.1 Å². The second-order valence-electron chi connectivity index (χ2n) is 3.22. The number of rotatable bonds is 1. The van der Waals surface area contributed by atoms with E-state index in [4.69, 9.17) is 9.84 Å². The number of hydrogen-bond donors (Lipinski definition) is 4. The molecule has 1 aromatic carbocycles. The minimum atomic E-state index is -0.666. The number of amides is 1. The van der Waals surface area contributed by atoms with Crippen molar-refractivity contribution in [3.05, 3.63) is 23.5 Å². The number of hydrogen-bond acceptors (Lipinski definition) is 6. The average Bonchev–Trinajstić information content (AvgIpc) is 2.58. The van der Waals surface area contributed by atoms with Crippen molar-refractivity contribution in [1.82, 2.24) is 5.32 Å². The predicted molar refractivity (Wildman–Crippen MR) is 61.2 cm³/mol. The quantitative estimate of drug-likeness (QED) is 0.332. The molecule has 1 heterocycles. The van der Waals surface area contributed by atoms with E-state index in [-0.39, 0.29) is 16.5 Å². The number of carbonyl (C=O) groups is 1. The van der Waals surface area contributed by atoms with Crippen molar-refractivity contribution < 1.29 is 24.9 Å². The normalized spacial score (nSPS) is 17.1. The van der Waals surface area contributed by atoms with Crippen molar-refractivity contribution in [2.45, 2.75) is 0 Å². The maximum Gasteiger partial charge on any atom is 0.294 e. The molecule has 2 rings (SSSR count). The smallest absolute Gasteiger partial charge is 0.294 e. The fourth-order valence-electron chi connectivity index (χ4n) is 1.26. The maximum atomic E-state index is 11.3. The summed E-state index contributed by atoms with van der Waals surface area (Å²) in [6, 6.07) is 2.49. The van der Waals surface area contributed by atoms with Crippen molar-refractivity contribution in [3.63, 3.8) is 0 Å². The third kappa shape index (κ3) is 2.00. The van der Waals surface area contributed by atoms with Gasteiger partial charge in [0.2, 0.25) is 5.75 Å². The summed E-state index contributed by atoms with van der Waals surface area (Å²) in [6.45, 7) is 0. The van der Waals surface area contributed by atoms with Crippen LogP contribution < -0.4 is 5.32 Å². The van der Waals surface area contributed by atoms with Crippen LogP contribution in [-0.4, -0.2) is 26.4 Å². The fraction of sp³-hybridized carbons (Fsp3) is 0. The minimum absolute atomic E-state index is 0.0799. The number of aromatic hydroxyl groups is 3. The van der Waals surface area contributed by atoms with Crippen molar-refractivity contribution in [2.24, 2.45) is 0 Å². The van der Waals surface area contributed by atoms with Crippen LogP contribution in [0.3, 0.4) is 0 Å². The summed E-state index contributed by atoms with van der Waals surface area (Å²) in [7, 11) is 0. The van der Waals surface area contributed by atoms with Crippen LogP contribution >= 0.6 is 12.2 Å². The molecule has 1 amide bonds. The molecule has 7 heteroatoms. The number of nitrogens with one attached hydrogen (secondary N) is 1. The monoisotopic (exact) mass is 253 g/mol. The van der Waals surface area contributed by atoms with Crippen LogP contribution in [0.1, 0.15) is 5.56 Å². The lowest BCUT2D eigenvalue weighted by Gasteiger charge is -2.04. The first-order valence-corrected chi connectivity index (χ1v) is 4.88. The van der Waals surface area contributed by atoms with Crippen LogP contribution in [0.5, 0.6) is 17.2 Å². The van der Waals surface area contributed by atoms with Crippen LogP contribution in [0.4, 0.5) is 0 Å². The van der Waals surface area contributed by atoms with Crippen LogP contribution in [0.15, 0.2) is 17.9 Å². The molecule has 0 radical (unpaired) electrons. The number of phenols is 3. The molecule has 17 heavy (non-hydrogen) atoms. The Bertz CT molecular complexity index is 552. The zero-order valence-electron chi connectivity index (χ0n) is 8.30. The van der Waals surface area contributed by atoms with E-state index in [1.807, 2.05) is 0 Å². The van der Waals surface area contributed by atoms with Gasteiger partial charge in [0.05, 0.1) is 0 Å².